The lowest BCUT2D eigenvalue weighted by Gasteiger charge is -2.22. The van der Waals surface area contributed by atoms with Gasteiger partial charge < -0.3 is 29.2 Å². The molecule has 3 aromatic carbocycles. The summed E-state index contributed by atoms with van der Waals surface area (Å²) in [7, 11) is 3.24. The Morgan fingerprint density at radius 3 is 2.70 bits per heavy atom. The first-order valence-corrected chi connectivity index (χ1v) is 10.6. The maximum absolute atomic E-state index is 13.1. The predicted molar refractivity (Wildman–Crippen MR) is 125 cm³/mol. The Balaban J connectivity index is 1.53. The molecule has 1 aromatic heterocycles. The number of ether oxygens (including phenoxy) is 4. The summed E-state index contributed by atoms with van der Waals surface area (Å²) in [6.07, 6.45) is 1.98. The Bertz CT molecular complexity index is 1310. The molecule has 0 aliphatic carbocycles. The zero-order valence-corrected chi connectivity index (χ0v) is 18.4. The number of benzene rings is 3. The molecule has 7 heteroatoms. The van der Waals surface area contributed by atoms with Crippen molar-refractivity contribution < 1.29 is 23.7 Å². The molecule has 2 N–H and O–H groups in total. The van der Waals surface area contributed by atoms with Crippen LogP contribution in [0.3, 0.4) is 0 Å². The molecule has 168 valence electrons. The number of nitrogens with one attached hydrogen (secondary N) is 2. The number of para-hydroxylation sites is 3. The van der Waals surface area contributed by atoms with Gasteiger partial charge in [0.25, 0.3) is 5.91 Å². The van der Waals surface area contributed by atoms with Crippen LogP contribution in [0.5, 0.6) is 23.0 Å². The van der Waals surface area contributed by atoms with E-state index in [1.165, 1.54) is 0 Å². The van der Waals surface area contributed by atoms with Crippen molar-refractivity contribution in [1.29, 1.82) is 0 Å². The van der Waals surface area contributed by atoms with E-state index in [2.05, 4.69) is 16.4 Å². The Kier molecular flexibility index (Phi) is 5.52. The van der Waals surface area contributed by atoms with Crippen molar-refractivity contribution in [1.82, 2.24) is 10.3 Å². The average molecular weight is 444 g/mol. The molecule has 5 rings (SSSR count). The van der Waals surface area contributed by atoms with E-state index in [9.17, 15) is 4.79 Å². The highest BCUT2D eigenvalue weighted by Gasteiger charge is 2.26. The number of hydrogen-bond acceptors (Lipinski definition) is 5. The van der Waals surface area contributed by atoms with Gasteiger partial charge in [-0.25, -0.2) is 0 Å². The third kappa shape index (κ3) is 3.71. The van der Waals surface area contributed by atoms with Crippen molar-refractivity contribution in [3.8, 4) is 23.0 Å². The van der Waals surface area contributed by atoms with Gasteiger partial charge in [0, 0.05) is 35.1 Å². The van der Waals surface area contributed by atoms with Gasteiger partial charge in [-0.1, -0.05) is 36.4 Å². The van der Waals surface area contributed by atoms with Gasteiger partial charge in [0.05, 0.1) is 19.8 Å². The molecule has 1 atom stereocenters. The monoisotopic (exact) mass is 444 g/mol. The van der Waals surface area contributed by atoms with Crippen LogP contribution in [0, 0.1) is 0 Å². The first-order chi connectivity index (χ1) is 16.2. The molecular weight excluding hydrogens is 420 g/mol. The third-order valence-corrected chi connectivity index (χ3v) is 5.91. The Hall–Kier alpha value is -4.13. The second-order valence-corrected chi connectivity index (χ2v) is 7.67. The normalized spacial score (nSPS) is 13.0. The van der Waals surface area contributed by atoms with Gasteiger partial charge in [0.15, 0.2) is 23.0 Å². The van der Waals surface area contributed by atoms with Gasteiger partial charge >= 0.3 is 0 Å². The van der Waals surface area contributed by atoms with Crippen molar-refractivity contribution in [3.05, 3.63) is 83.6 Å². The number of aromatic amines is 1. The number of hydrogen-bond donors (Lipinski definition) is 2. The largest absolute Gasteiger partial charge is 0.493 e. The summed E-state index contributed by atoms with van der Waals surface area (Å²) in [4.78, 5) is 16.5. The quantitative estimate of drug-likeness (QED) is 0.439. The van der Waals surface area contributed by atoms with Crippen LogP contribution < -0.4 is 24.3 Å². The molecule has 0 spiro atoms. The van der Waals surface area contributed by atoms with Gasteiger partial charge in [-0.2, -0.15) is 0 Å². The fourth-order valence-corrected chi connectivity index (χ4v) is 4.36. The molecule has 0 saturated carbocycles. The minimum Gasteiger partial charge on any atom is -0.493 e. The Labute approximate surface area is 191 Å². The number of rotatable bonds is 7. The molecule has 1 aliphatic rings. The van der Waals surface area contributed by atoms with Gasteiger partial charge in [0.2, 0.25) is 6.79 Å². The smallest absolute Gasteiger partial charge is 0.255 e. The summed E-state index contributed by atoms with van der Waals surface area (Å²) in [5.74, 6) is 1.90. The van der Waals surface area contributed by atoms with Crippen LogP contribution in [0.15, 0.2) is 66.9 Å². The van der Waals surface area contributed by atoms with Crippen molar-refractivity contribution in [2.75, 3.05) is 27.6 Å². The zero-order chi connectivity index (χ0) is 22.8. The molecule has 0 bridgehead atoms. The van der Waals surface area contributed by atoms with Crippen LogP contribution in [0.4, 0.5) is 0 Å². The summed E-state index contributed by atoms with van der Waals surface area (Å²) < 4.78 is 22.2. The molecule has 0 saturated heterocycles. The van der Waals surface area contributed by atoms with Crippen LogP contribution in [0.1, 0.15) is 27.4 Å². The summed E-state index contributed by atoms with van der Waals surface area (Å²) >= 11 is 0. The number of carbonyl (C=O) groups excluding carboxylic acids is 1. The lowest BCUT2D eigenvalue weighted by molar-refractivity contribution is 0.0947. The molecular formula is C26H24N2O5. The molecule has 1 aliphatic heterocycles. The molecule has 2 heterocycles. The van der Waals surface area contributed by atoms with Gasteiger partial charge in [0.1, 0.15) is 0 Å². The minimum absolute atomic E-state index is 0.110. The number of aromatic nitrogens is 1. The Morgan fingerprint density at radius 2 is 1.85 bits per heavy atom. The van der Waals surface area contributed by atoms with E-state index in [1.807, 2.05) is 42.6 Å². The van der Waals surface area contributed by atoms with Crippen molar-refractivity contribution >= 4 is 16.8 Å². The highest BCUT2D eigenvalue weighted by Crippen LogP contribution is 2.40. The number of amides is 1. The number of H-pyrrole nitrogens is 1. The number of carbonyl (C=O) groups is 1. The standard InChI is InChI=1S/C26H24N2O5/c1-30-22-11-5-8-17(24(22)31-2)20(19-13-27-21-10-4-3-7-16(19)21)14-28-26(29)18-9-6-12-23-25(18)33-15-32-23/h3-13,20,27H,14-15H2,1-2H3,(H,28,29). The maximum atomic E-state index is 13.1. The van der Waals surface area contributed by atoms with Crippen molar-refractivity contribution in [2.45, 2.75) is 5.92 Å². The first kappa shape index (κ1) is 20.8. The third-order valence-electron chi connectivity index (χ3n) is 5.91. The molecule has 4 aromatic rings. The van der Waals surface area contributed by atoms with E-state index < -0.39 is 0 Å². The summed E-state index contributed by atoms with van der Waals surface area (Å²) in [6.45, 7) is 0.452. The van der Waals surface area contributed by atoms with E-state index in [4.69, 9.17) is 18.9 Å². The first-order valence-electron chi connectivity index (χ1n) is 10.6. The number of fused-ring (bicyclic) bond motifs is 2. The van der Waals surface area contributed by atoms with E-state index in [0.29, 0.717) is 35.1 Å². The summed E-state index contributed by atoms with van der Waals surface area (Å²) in [6, 6.07) is 19.2. The maximum Gasteiger partial charge on any atom is 0.255 e. The van der Waals surface area contributed by atoms with Crippen molar-refractivity contribution in [2.24, 2.45) is 0 Å². The fraction of sp³-hybridized carbons (Fsp3) is 0.192. The molecule has 0 radical (unpaired) electrons. The molecule has 1 unspecified atom stereocenters. The highest BCUT2D eigenvalue weighted by molar-refractivity contribution is 5.98. The van der Waals surface area contributed by atoms with Crippen LogP contribution in [0.25, 0.3) is 10.9 Å². The lowest BCUT2D eigenvalue weighted by atomic mass is 9.89. The van der Waals surface area contributed by atoms with Crippen LogP contribution in [-0.2, 0) is 0 Å². The Morgan fingerprint density at radius 1 is 1.00 bits per heavy atom. The van der Waals surface area contributed by atoms with Crippen LogP contribution >= 0.6 is 0 Å². The van der Waals surface area contributed by atoms with Crippen molar-refractivity contribution in [3.63, 3.8) is 0 Å². The van der Waals surface area contributed by atoms with E-state index in [0.717, 1.165) is 22.0 Å². The van der Waals surface area contributed by atoms with Crippen LogP contribution in [-0.4, -0.2) is 38.4 Å². The SMILES string of the molecule is COc1cccc(C(CNC(=O)c2cccc3c2OCO3)c2c[nH]c3ccccc23)c1OC. The van der Waals surface area contributed by atoms with E-state index in [1.54, 1.807) is 32.4 Å². The fourth-order valence-electron chi connectivity index (χ4n) is 4.36. The predicted octanol–water partition coefficient (Wildman–Crippen LogP) is 4.48. The number of methoxy groups -OCH3 is 2. The second-order valence-electron chi connectivity index (χ2n) is 7.67. The van der Waals surface area contributed by atoms with Crippen LogP contribution in [0.2, 0.25) is 0 Å². The molecule has 33 heavy (non-hydrogen) atoms. The average Bonchev–Trinajstić information content (AvgIpc) is 3.51. The van der Waals surface area contributed by atoms with E-state index >= 15 is 0 Å². The highest BCUT2D eigenvalue weighted by atomic mass is 16.7. The lowest BCUT2D eigenvalue weighted by Crippen LogP contribution is -2.29. The van der Waals surface area contributed by atoms with Gasteiger partial charge in [-0.05, 0) is 29.8 Å². The van der Waals surface area contributed by atoms with Gasteiger partial charge in [-0.15, -0.1) is 0 Å². The molecule has 7 nitrogen and oxygen atoms in total. The second kappa shape index (κ2) is 8.78. The van der Waals surface area contributed by atoms with E-state index in [-0.39, 0.29) is 18.6 Å². The summed E-state index contributed by atoms with van der Waals surface area (Å²) in [5, 5.41) is 4.17. The molecule has 0 fully saturated rings. The summed E-state index contributed by atoms with van der Waals surface area (Å²) in [5.41, 5.74) is 3.44. The molecule has 1 amide bonds. The topological polar surface area (TPSA) is 81.8 Å². The minimum atomic E-state index is -0.232. The van der Waals surface area contributed by atoms with Gasteiger partial charge in [-0.3, -0.25) is 4.79 Å². The zero-order valence-electron chi connectivity index (χ0n) is 18.4.